The van der Waals surface area contributed by atoms with E-state index in [9.17, 15) is 14.9 Å². The molecule has 0 spiro atoms. The number of amides is 1. The predicted octanol–water partition coefficient (Wildman–Crippen LogP) is 4.21. The van der Waals surface area contributed by atoms with E-state index in [0.29, 0.717) is 11.7 Å². The molecule has 0 fully saturated rings. The molecule has 8 nitrogen and oxygen atoms in total. The highest BCUT2D eigenvalue weighted by Crippen LogP contribution is 2.33. The summed E-state index contributed by atoms with van der Waals surface area (Å²) in [6.07, 6.45) is 0.363. The number of carbonyl (C=O) groups excluding carboxylic acids is 1. The van der Waals surface area contributed by atoms with Crippen molar-refractivity contribution in [3.8, 4) is 0 Å². The summed E-state index contributed by atoms with van der Waals surface area (Å²) in [7, 11) is 0. The van der Waals surface area contributed by atoms with Crippen LogP contribution >= 0.6 is 11.8 Å². The van der Waals surface area contributed by atoms with Gasteiger partial charge in [-0.3, -0.25) is 10.1 Å². The van der Waals surface area contributed by atoms with Gasteiger partial charge < -0.3 is 15.5 Å². The third-order valence-corrected chi connectivity index (χ3v) is 4.99. The fraction of sp³-hybridized carbons (Fsp3) is 0.412. The number of benzene rings is 1. The maximum absolute atomic E-state index is 11.0. The van der Waals surface area contributed by atoms with E-state index in [1.54, 1.807) is 19.1 Å². The quantitative estimate of drug-likeness (QED) is 0.523. The number of nitrogens with one attached hydrogen (secondary N) is 1. The Labute approximate surface area is 155 Å². The Morgan fingerprint density at radius 1 is 1.38 bits per heavy atom. The molecule has 0 radical (unpaired) electrons. The summed E-state index contributed by atoms with van der Waals surface area (Å²) in [6.45, 7) is 5.95. The van der Waals surface area contributed by atoms with E-state index in [-0.39, 0.29) is 5.69 Å². The minimum Gasteiger partial charge on any atom is -0.439 e. The highest BCUT2D eigenvalue weighted by atomic mass is 32.2. The van der Waals surface area contributed by atoms with Gasteiger partial charge >= 0.3 is 6.09 Å². The van der Waals surface area contributed by atoms with Crippen LogP contribution in [0.25, 0.3) is 0 Å². The zero-order valence-electron chi connectivity index (χ0n) is 14.9. The second-order valence-electron chi connectivity index (χ2n) is 6.06. The highest BCUT2D eigenvalue weighted by molar-refractivity contribution is 7.99. The number of ether oxygens (including phenoxy) is 1. The molecule has 140 valence electrons. The average Bonchev–Trinajstić information content (AvgIpc) is 2.97. The van der Waals surface area contributed by atoms with Crippen LogP contribution in [-0.2, 0) is 11.2 Å². The standard InChI is InChI=1S/C17H22N4O4S/c1-4-10(2)9-14-16(20-15(19-14)11(3)25-17(18)22)26-13-7-5-12(6-8-13)21(23)24/h5-8,10-11H,4,9H2,1-3H3,(H2,18,22)(H,19,20). The van der Waals surface area contributed by atoms with E-state index in [4.69, 9.17) is 10.5 Å². The molecule has 2 aromatic rings. The van der Waals surface area contributed by atoms with Gasteiger partial charge in [-0.2, -0.15) is 0 Å². The van der Waals surface area contributed by atoms with Crippen molar-refractivity contribution in [1.29, 1.82) is 0 Å². The largest absolute Gasteiger partial charge is 0.439 e. The van der Waals surface area contributed by atoms with Crippen molar-refractivity contribution in [3.63, 3.8) is 0 Å². The van der Waals surface area contributed by atoms with Crippen molar-refractivity contribution >= 4 is 23.5 Å². The topological polar surface area (TPSA) is 124 Å². The number of non-ortho nitro benzene ring substituents is 1. The summed E-state index contributed by atoms with van der Waals surface area (Å²) < 4.78 is 4.99. The average molecular weight is 378 g/mol. The first kappa shape index (κ1) is 19.8. The Bertz CT molecular complexity index is 776. The Morgan fingerprint density at radius 2 is 2.04 bits per heavy atom. The van der Waals surface area contributed by atoms with Gasteiger partial charge in [0.05, 0.1) is 4.92 Å². The van der Waals surface area contributed by atoms with Gasteiger partial charge in [-0.15, -0.1) is 0 Å². The first-order chi connectivity index (χ1) is 12.3. The van der Waals surface area contributed by atoms with Crippen molar-refractivity contribution in [2.45, 2.75) is 49.6 Å². The van der Waals surface area contributed by atoms with Crippen LogP contribution in [0.15, 0.2) is 34.2 Å². The van der Waals surface area contributed by atoms with Gasteiger partial charge in [0.15, 0.2) is 6.10 Å². The number of aromatic amines is 1. The number of nitrogens with zero attached hydrogens (tertiary/aromatic N) is 2. The molecule has 3 N–H and O–H groups in total. The van der Waals surface area contributed by atoms with Crippen molar-refractivity contribution in [2.75, 3.05) is 0 Å². The van der Waals surface area contributed by atoms with Crippen LogP contribution in [0, 0.1) is 16.0 Å². The number of nitro groups is 1. The van der Waals surface area contributed by atoms with Gasteiger partial charge in [0.1, 0.15) is 10.9 Å². The van der Waals surface area contributed by atoms with Crippen LogP contribution in [-0.4, -0.2) is 21.0 Å². The van der Waals surface area contributed by atoms with Crippen molar-refractivity contribution in [1.82, 2.24) is 9.97 Å². The fourth-order valence-electron chi connectivity index (χ4n) is 2.30. The summed E-state index contributed by atoms with van der Waals surface area (Å²) >= 11 is 1.41. The van der Waals surface area contributed by atoms with Crippen LogP contribution in [0.4, 0.5) is 10.5 Å². The number of carbonyl (C=O) groups is 1. The Balaban J connectivity index is 2.27. The minimum atomic E-state index is -0.859. The smallest absolute Gasteiger partial charge is 0.405 e. The number of aromatic nitrogens is 2. The maximum Gasteiger partial charge on any atom is 0.405 e. The first-order valence-corrected chi connectivity index (χ1v) is 9.09. The Hall–Kier alpha value is -2.55. The van der Waals surface area contributed by atoms with E-state index in [2.05, 4.69) is 23.8 Å². The zero-order valence-corrected chi connectivity index (χ0v) is 15.7. The number of primary amides is 1. The van der Waals surface area contributed by atoms with Gasteiger partial charge in [-0.25, -0.2) is 9.78 Å². The van der Waals surface area contributed by atoms with E-state index >= 15 is 0 Å². The van der Waals surface area contributed by atoms with Gasteiger partial charge in [-0.1, -0.05) is 32.0 Å². The molecular weight excluding hydrogens is 356 g/mol. The third kappa shape index (κ3) is 5.22. The molecule has 2 atom stereocenters. The third-order valence-electron chi connectivity index (χ3n) is 3.95. The molecule has 0 aliphatic carbocycles. The Morgan fingerprint density at radius 3 is 2.58 bits per heavy atom. The van der Waals surface area contributed by atoms with E-state index in [1.165, 1.54) is 23.9 Å². The lowest BCUT2D eigenvalue weighted by Crippen LogP contribution is -2.16. The second kappa shape index (κ2) is 8.70. The Kier molecular flexibility index (Phi) is 6.62. The lowest BCUT2D eigenvalue weighted by atomic mass is 10.0. The van der Waals surface area contributed by atoms with E-state index in [0.717, 1.165) is 28.5 Å². The molecule has 26 heavy (non-hydrogen) atoms. The number of rotatable bonds is 8. The molecule has 2 unspecified atom stereocenters. The molecule has 1 heterocycles. The van der Waals surface area contributed by atoms with Crippen LogP contribution in [0.3, 0.4) is 0 Å². The lowest BCUT2D eigenvalue weighted by molar-refractivity contribution is -0.384. The number of H-pyrrole nitrogens is 1. The molecule has 9 heteroatoms. The summed E-state index contributed by atoms with van der Waals surface area (Å²) in [5.41, 5.74) is 6.06. The van der Waals surface area contributed by atoms with Crippen LogP contribution in [0.5, 0.6) is 0 Å². The molecule has 0 saturated carbocycles. The number of imidazole rings is 1. The van der Waals surface area contributed by atoms with Gasteiger partial charge in [-0.05, 0) is 31.4 Å². The van der Waals surface area contributed by atoms with Crippen LogP contribution < -0.4 is 5.73 Å². The predicted molar refractivity (Wildman–Crippen MR) is 98.0 cm³/mol. The van der Waals surface area contributed by atoms with Gasteiger partial charge in [0.2, 0.25) is 0 Å². The SMILES string of the molecule is CCC(C)Cc1[nH]c(C(C)OC(N)=O)nc1Sc1ccc([N+](=O)[O-])cc1. The molecule has 2 rings (SSSR count). The lowest BCUT2D eigenvalue weighted by Gasteiger charge is -2.09. The van der Waals surface area contributed by atoms with Crippen LogP contribution in [0.1, 0.15) is 44.8 Å². The molecule has 0 saturated heterocycles. The zero-order chi connectivity index (χ0) is 19.3. The molecule has 0 aliphatic rings. The molecule has 1 aromatic carbocycles. The summed E-state index contributed by atoms with van der Waals surface area (Å²) in [6, 6.07) is 6.30. The molecule has 1 aromatic heterocycles. The monoisotopic (exact) mass is 378 g/mol. The molecule has 0 aliphatic heterocycles. The fourth-order valence-corrected chi connectivity index (χ4v) is 3.20. The van der Waals surface area contributed by atoms with E-state index < -0.39 is 17.1 Å². The normalized spacial score (nSPS) is 13.2. The number of nitrogens with two attached hydrogens (primary N) is 1. The summed E-state index contributed by atoms with van der Waals surface area (Å²) in [4.78, 5) is 29.9. The molecule has 0 bridgehead atoms. The molecular formula is C17H22N4O4S. The van der Waals surface area contributed by atoms with E-state index in [1.807, 2.05) is 0 Å². The van der Waals surface area contributed by atoms with Crippen LogP contribution in [0.2, 0.25) is 0 Å². The number of hydrogen-bond acceptors (Lipinski definition) is 6. The summed E-state index contributed by atoms with van der Waals surface area (Å²) in [5.74, 6) is 0.971. The highest BCUT2D eigenvalue weighted by Gasteiger charge is 2.19. The van der Waals surface area contributed by atoms with Crippen molar-refractivity contribution in [2.24, 2.45) is 11.7 Å². The first-order valence-electron chi connectivity index (χ1n) is 8.27. The van der Waals surface area contributed by atoms with Gasteiger partial charge in [0, 0.05) is 22.7 Å². The van der Waals surface area contributed by atoms with Gasteiger partial charge in [0.25, 0.3) is 5.69 Å². The van der Waals surface area contributed by atoms with Crippen molar-refractivity contribution < 1.29 is 14.5 Å². The number of hydrogen-bond donors (Lipinski definition) is 2. The second-order valence-corrected chi connectivity index (χ2v) is 7.12. The summed E-state index contributed by atoms with van der Waals surface area (Å²) in [5, 5.41) is 11.5. The maximum atomic E-state index is 11.0. The minimum absolute atomic E-state index is 0.0420. The molecule has 1 amide bonds. The van der Waals surface area contributed by atoms with Crippen molar-refractivity contribution in [3.05, 3.63) is 45.9 Å². The number of nitro benzene ring substituents is 1.